The molecule has 1 fully saturated rings. The number of hydrogen-bond acceptors (Lipinski definition) is 4. The van der Waals surface area contributed by atoms with Gasteiger partial charge in [0.15, 0.2) is 0 Å². The molecule has 0 aromatic carbocycles. The molecule has 4 nitrogen and oxygen atoms in total. The van der Waals surface area contributed by atoms with Crippen molar-refractivity contribution in [2.24, 2.45) is 0 Å². The van der Waals surface area contributed by atoms with Crippen LogP contribution in [0.3, 0.4) is 0 Å². The Kier molecular flexibility index (Phi) is 3.74. The highest BCUT2D eigenvalue weighted by Gasteiger charge is 2.14. The molecule has 0 amide bonds. The van der Waals surface area contributed by atoms with Gasteiger partial charge in [0.2, 0.25) is 0 Å². The van der Waals surface area contributed by atoms with Crippen LogP contribution in [0.5, 0.6) is 5.75 Å². The highest BCUT2D eigenvalue weighted by atomic mass is 16.5. The van der Waals surface area contributed by atoms with Gasteiger partial charge in [-0.25, -0.2) is 0 Å². The lowest BCUT2D eigenvalue weighted by Gasteiger charge is -2.32. The van der Waals surface area contributed by atoms with E-state index in [0.29, 0.717) is 0 Å². The number of pyridine rings is 1. The van der Waals surface area contributed by atoms with Crippen molar-refractivity contribution in [2.45, 2.75) is 6.54 Å². The third-order valence-corrected chi connectivity index (χ3v) is 3.01. The second-order valence-electron chi connectivity index (χ2n) is 4.27. The van der Waals surface area contributed by atoms with Crippen molar-refractivity contribution in [1.82, 2.24) is 14.8 Å². The van der Waals surface area contributed by atoms with Gasteiger partial charge in [-0.3, -0.25) is 9.88 Å². The van der Waals surface area contributed by atoms with Gasteiger partial charge in [-0.1, -0.05) is 0 Å². The van der Waals surface area contributed by atoms with E-state index in [1.807, 2.05) is 12.1 Å². The van der Waals surface area contributed by atoms with Crippen LogP contribution in [0.1, 0.15) is 5.69 Å². The standard InChI is InChI=1S/C12H19N3O/c1-14-5-7-15(8-6-14)10-11-3-4-12(16-2)9-13-11/h3-4,9H,5-8,10H2,1-2H3. The van der Waals surface area contributed by atoms with Crippen LogP contribution in [0, 0.1) is 0 Å². The average Bonchev–Trinajstić information content (AvgIpc) is 2.33. The van der Waals surface area contributed by atoms with Gasteiger partial charge in [0.05, 0.1) is 19.0 Å². The normalized spacial score (nSPS) is 18.6. The molecular formula is C12H19N3O. The summed E-state index contributed by atoms with van der Waals surface area (Å²) in [7, 11) is 3.83. The minimum absolute atomic E-state index is 0.821. The van der Waals surface area contributed by atoms with E-state index in [2.05, 4.69) is 21.8 Å². The van der Waals surface area contributed by atoms with Crippen molar-refractivity contribution in [1.29, 1.82) is 0 Å². The smallest absolute Gasteiger partial charge is 0.137 e. The van der Waals surface area contributed by atoms with Gasteiger partial charge >= 0.3 is 0 Å². The number of aromatic nitrogens is 1. The van der Waals surface area contributed by atoms with Crippen molar-refractivity contribution < 1.29 is 4.74 Å². The monoisotopic (exact) mass is 221 g/mol. The minimum atomic E-state index is 0.821. The number of rotatable bonds is 3. The minimum Gasteiger partial charge on any atom is -0.495 e. The van der Waals surface area contributed by atoms with E-state index >= 15 is 0 Å². The second-order valence-corrected chi connectivity index (χ2v) is 4.27. The maximum absolute atomic E-state index is 5.09. The van der Waals surface area contributed by atoms with Crippen LogP contribution in [-0.2, 0) is 6.54 Å². The zero-order valence-corrected chi connectivity index (χ0v) is 10.0. The Bertz CT molecular complexity index is 318. The second kappa shape index (κ2) is 5.27. The van der Waals surface area contributed by atoms with Crippen LogP contribution in [0.25, 0.3) is 0 Å². The molecule has 0 spiro atoms. The average molecular weight is 221 g/mol. The molecule has 0 N–H and O–H groups in total. The molecule has 0 saturated carbocycles. The highest BCUT2D eigenvalue weighted by Crippen LogP contribution is 2.10. The summed E-state index contributed by atoms with van der Waals surface area (Å²) in [6.07, 6.45) is 1.78. The van der Waals surface area contributed by atoms with E-state index in [1.165, 1.54) is 0 Å². The number of ether oxygens (including phenoxy) is 1. The Labute approximate surface area is 96.8 Å². The number of methoxy groups -OCH3 is 1. The van der Waals surface area contributed by atoms with Gasteiger partial charge < -0.3 is 9.64 Å². The summed E-state index contributed by atoms with van der Waals surface area (Å²) in [4.78, 5) is 9.18. The SMILES string of the molecule is COc1ccc(CN2CCN(C)CC2)nc1. The molecule has 1 aliphatic heterocycles. The molecule has 0 unspecified atom stereocenters. The molecule has 2 rings (SSSR count). The van der Waals surface area contributed by atoms with Gasteiger partial charge in [0, 0.05) is 32.7 Å². The molecule has 1 aromatic rings. The zero-order chi connectivity index (χ0) is 11.4. The fourth-order valence-electron chi connectivity index (χ4n) is 1.86. The molecule has 0 atom stereocenters. The van der Waals surface area contributed by atoms with Gasteiger partial charge in [-0.2, -0.15) is 0 Å². The third-order valence-electron chi connectivity index (χ3n) is 3.01. The topological polar surface area (TPSA) is 28.6 Å². The molecule has 2 heterocycles. The third kappa shape index (κ3) is 2.93. The van der Waals surface area contributed by atoms with E-state index < -0.39 is 0 Å². The van der Waals surface area contributed by atoms with Crippen LogP contribution in [0.4, 0.5) is 0 Å². The largest absolute Gasteiger partial charge is 0.495 e. The summed E-state index contributed by atoms with van der Waals surface area (Å²) >= 11 is 0. The summed E-state index contributed by atoms with van der Waals surface area (Å²) in [6, 6.07) is 4.01. The number of hydrogen-bond donors (Lipinski definition) is 0. The van der Waals surface area contributed by atoms with Crippen molar-refractivity contribution in [3.63, 3.8) is 0 Å². The first kappa shape index (κ1) is 11.4. The van der Waals surface area contributed by atoms with E-state index in [9.17, 15) is 0 Å². The maximum atomic E-state index is 5.09. The Morgan fingerprint density at radius 3 is 2.56 bits per heavy atom. The Hall–Kier alpha value is -1.13. The van der Waals surface area contributed by atoms with Gasteiger partial charge in [0.1, 0.15) is 5.75 Å². The van der Waals surface area contributed by atoms with Crippen molar-refractivity contribution in [3.8, 4) is 5.75 Å². The van der Waals surface area contributed by atoms with E-state index in [-0.39, 0.29) is 0 Å². The lowest BCUT2D eigenvalue weighted by Crippen LogP contribution is -2.43. The first-order chi connectivity index (χ1) is 7.78. The summed E-state index contributed by atoms with van der Waals surface area (Å²) < 4.78 is 5.09. The first-order valence-electron chi connectivity index (χ1n) is 5.68. The molecule has 0 aliphatic carbocycles. The van der Waals surface area contributed by atoms with E-state index in [1.54, 1.807) is 13.3 Å². The Morgan fingerprint density at radius 1 is 1.25 bits per heavy atom. The van der Waals surface area contributed by atoms with Crippen molar-refractivity contribution >= 4 is 0 Å². The summed E-state index contributed by atoms with van der Waals surface area (Å²) in [5.41, 5.74) is 1.12. The molecule has 1 aromatic heterocycles. The fourth-order valence-corrected chi connectivity index (χ4v) is 1.86. The molecule has 16 heavy (non-hydrogen) atoms. The van der Waals surface area contributed by atoms with Crippen LogP contribution >= 0.6 is 0 Å². The Morgan fingerprint density at radius 2 is 2.00 bits per heavy atom. The van der Waals surface area contributed by atoms with Crippen LogP contribution < -0.4 is 4.74 Å². The highest BCUT2D eigenvalue weighted by molar-refractivity contribution is 5.19. The molecule has 0 radical (unpaired) electrons. The van der Waals surface area contributed by atoms with Crippen molar-refractivity contribution in [2.75, 3.05) is 40.3 Å². The molecule has 1 aliphatic rings. The number of likely N-dealkylation sites (N-methyl/N-ethyl adjacent to an activating group) is 1. The van der Waals surface area contributed by atoms with Crippen LogP contribution in [0.15, 0.2) is 18.3 Å². The molecule has 4 heteroatoms. The van der Waals surface area contributed by atoms with Gasteiger partial charge in [-0.15, -0.1) is 0 Å². The predicted octanol–water partition coefficient (Wildman–Crippen LogP) is 0.838. The lowest BCUT2D eigenvalue weighted by molar-refractivity contribution is 0.147. The summed E-state index contributed by atoms with van der Waals surface area (Å²) in [5.74, 6) is 0.821. The summed E-state index contributed by atoms with van der Waals surface area (Å²) in [5, 5.41) is 0. The molecule has 88 valence electrons. The number of nitrogens with zero attached hydrogens (tertiary/aromatic N) is 3. The van der Waals surface area contributed by atoms with Crippen LogP contribution in [0.2, 0.25) is 0 Å². The van der Waals surface area contributed by atoms with E-state index in [0.717, 1.165) is 44.2 Å². The molecule has 0 bridgehead atoms. The quantitative estimate of drug-likeness (QED) is 0.756. The number of piperazine rings is 1. The zero-order valence-electron chi connectivity index (χ0n) is 10.0. The predicted molar refractivity (Wildman–Crippen MR) is 63.6 cm³/mol. The van der Waals surface area contributed by atoms with Gasteiger partial charge in [0.25, 0.3) is 0 Å². The lowest BCUT2D eigenvalue weighted by atomic mass is 10.3. The van der Waals surface area contributed by atoms with Crippen LogP contribution in [-0.4, -0.2) is 55.1 Å². The molecular weight excluding hydrogens is 202 g/mol. The Balaban J connectivity index is 1.88. The van der Waals surface area contributed by atoms with E-state index in [4.69, 9.17) is 4.74 Å². The molecule has 1 saturated heterocycles. The van der Waals surface area contributed by atoms with Gasteiger partial charge in [-0.05, 0) is 19.2 Å². The van der Waals surface area contributed by atoms with Crippen molar-refractivity contribution in [3.05, 3.63) is 24.0 Å². The summed E-state index contributed by atoms with van der Waals surface area (Å²) in [6.45, 7) is 5.50. The fraction of sp³-hybridized carbons (Fsp3) is 0.583. The first-order valence-corrected chi connectivity index (χ1v) is 5.68. The maximum Gasteiger partial charge on any atom is 0.137 e.